The Morgan fingerprint density at radius 1 is 0.878 bits per heavy atom. The maximum Gasteiger partial charge on any atom is 0.244 e. The van der Waals surface area contributed by atoms with Crippen LogP contribution in [0.5, 0.6) is 0 Å². The highest BCUT2D eigenvalue weighted by Crippen LogP contribution is 2.23. The number of hydrogen-bond acceptors (Lipinski definition) is 4. The first kappa shape index (κ1) is 31.8. The Bertz CT molecular complexity index is 1410. The maximum absolute atomic E-state index is 14.8. The second kappa shape index (κ2) is 14.3. The number of amides is 2. The molecule has 41 heavy (non-hydrogen) atoms. The molecule has 2 amide bonds. The van der Waals surface area contributed by atoms with E-state index in [-0.39, 0.29) is 36.3 Å². The number of hydrogen-bond donors (Lipinski definition) is 1. The summed E-state index contributed by atoms with van der Waals surface area (Å²) in [6.07, 6.45) is 1.21. The molecule has 0 saturated heterocycles. The smallest absolute Gasteiger partial charge is 0.244 e. The third kappa shape index (κ3) is 9.14. The van der Waals surface area contributed by atoms with Crippen molar-refractivity contribution in [1.82, 2.24) is 10.2 Å². The molecule has 9 heteroatoms. The standard InChI is InChI=1S/C32H40FN3O4S/c1-23(2)20-34-32(38)30(19-25-11-7-6-8-12-25)35(21-27-13-9-10-14-29(27)33)31(37)22-36(41(5,39)40)28-17-15-26(16-18-28)24(3)4/h6-18,23-24,30H,19-22H2,1-5H3,(H,34,38)/t30-/m1/s1. The molecule has 0 aliphatic rings. The summed E-state index contributed by atoms with van der Waals surface area (Å²) in [5, 5.41) is 2.91. The van der Waals surface area contributed by atoms with Crippen molar-refractivity contribution in [1.29, 1.82) is 0 Å². The van der Waals surface area contributed by atoms with Gasteiger partial charge in [-0.3, -0.25) is 13.9 Å². The van der Waals surface area contributed by atoms with Gasteiger partial charge in [0.15, 0.2) is 0 Å². The lowest BCUT2D eigenvalue weighted by atomic mass is 10.0. The fourth-order valence-corrected chi connectivity index (χ4v) is 5.28. The van der Waals surface area contributed by atoms with Gasteiger partial charge in [-0.1, -0.05) is 88.4 Å². The molecule has 0 unspecified atom stereocenters. The van der Waals surface area contributed by atoms with E-state index in [1.165, 1.54) is 11.0 Å². The number of sulfonamides is 1. The Kier molecular flexibility index (Phi) is 11.1. The van der Waals surface area contributed by atoms with Crippen molar-refractivity contribution < 1.29 is 22.4 Å². The highest BCUT2D eigenvalue weighted by molar-refractivity contribution is 7.92. The van der Waals surface area contributed by atoms with Crippen LogP contribution >= 0.6 is 0 Å². The van der Waals surface area contributed by atoms with Gasteiger partial charge in [0.2, 0.25) is 21.8 Å². The van der Waals surface area contributed by atoms with Gasteiger partial charge in [-0.15, -0.1) is 0 Å². The number of anilines is 1. The molecule has 7 nitrogen and oxygen atoms in total. The first-order valence-corrected chi connectivity index (χ1v) is 15.6. The Morgan fingerprint density at radius 3 is 2.05 bits per heavy atom. The van der Waals surface area contributed by atoms with Gasteiger partial charge < -0.3 is 10.2 Å². The van der Waals surface area contributed by atoms with Crippen molar-refractivity contribution in [2.45, 2.75) is 52.6 Å². The van der Waals surface area contributed by atoms with Crippen LogP contribution in [0.3, 0.4) is 0 Å². The van der Waals surface area contributed by atoms with E-state index < -0.39 is 34.3 Å². The topological polar surface area (TPSA) is 86.8 Å². The summed E-state index contributed by atoms with van der Waals surface area (Å²) in [6, 6.07) is 21.3. The second-order valence-corrected chi connectivity index (χ2v) is 12.9. The minimum absolute atomic E-state index is 0.168. The summed E-state index contributed by atoms with van der Waals surface area (Å²) >= 11 is 0. The highest BCUT2D eigenvalue weighted by atomic mass is 32.2. The number of nitrogens with zero attached hydrogens (tertiary/aromatic N) is 2. The molecule has 0 aromatic heterocycles. The van der Waals surface area contributed by atoms with Gasteiger partial charge in [0.05, 0.1) is 11.9 Å². The van der Waals surface area contributed by atoms with Crippen LogP contribution in [0.25, 0.3) is 0 Å². The van der Waals surface area contributed by atoms with E-state index in [1.54, 1.807) is 30.3 Å². The van der Waals surface area contributed by atoms with Gasteiger partial charge in [0.1, 0.15) is 18.4 Å². The van der Waals surface area contributed by atoms with E-state index in [2.05, 4.69) is 5.32 Å². The van der Waals surface area contributed by atoms with Crippen LogP contribution < -0.4 is 9.62 Å². The van der Waals surface area contributed by atoms with E-state index in [1.807, 2.05) is 70.2 Å². The Labute approximate surface area is 243 Å². The Balaban J connectivity index is 2.05. The van der Waals surface area contributed by atoms with Crippen LogP contribution in [0.15, 0.2) is 78.9 Å². The van der Waals surface area contributed by atoms with E-state index >= 15 is 0 Å². The molecule has 1 N–H and O–H groups in total. The van der Waals surface area contributed by atoms with E-state index in [9.17, 15) is 22.4 Å². The molecule has 0 bridgehead atoms. The second-order valence-electron chi connectivity index (χ2n) is 11.0. The molecule has 3 aromatic rings. The lowest BCUT2D eigenvalue weighted by molar-refractivity contribution is -0.140. The van der Waals surface area contributed by atoms with Crippen molar-refractivity contribution in [3.63, 3.8) is 0 Å². The molecule has 0 spiro atoms. The molecule has 1 atom stereocenters. The number of rotatable bonds is 13. The van der Waals surface area contributed by atoms with Gasteiger partial charge in [-0.05, 0) is 41.2 Å². The summed E-state index contributed by atoms with van der Waals surface area (Å²) in [7, 11) is -3.88. The van der Waals surface area contributed by atoms with Crippen LogP contribution in [-0.4, -0.2) is 50.5 Å². The molecule has 0 saturated carbocycles. The van der Waals surface area contributed by atoms with Gasteiger partial charge in [-0.25, -0.2) is 12.8 Å². The van der Waals surface area contributed by atoms with Gasteiger partial charge >= 0.3 is 0 Å². The van der Waals surface area contributed by atoms with Crippen molar-refractivity contribution in [3.05, 3.63) is 101 Å². The SMILES string of the molecule is CC(C)CNC(=O)[C@@H](Cc1ccccc1)N(Cc1ccccc1F)C(=O)CN(c1ccc(C(C)C)cc1)S(C)(=O)=O. The summed E-state index contributed by atoms with van der Waals surface area (Å²) in [6.45, 7) is 7.63. The van der Waals surface area contributed by atoms with E-state index in [4.69, 9.17) is 0 Å². The largest absolute Gasteiger partial charge is 0.354 e. The molecule has 0 aliphatic heterocycles. The normalized spacial score (nSPS) is 12.3. The van der Waals surface area contributed by atoms with Crippen LogP contribution in [-0.2, 0) is 32.6 Å². The predicted molar refractivity (Wildman–Crippen MR) is 161 cm³/mol. The molecular weight excluding hydrogens is 541 g/mol. The van der Waals surface area contributed by atoms with Crippen molar-refractivity contribution in [3.8, 4) is 0 Å². The number of carbonyl (C=O) groups is 2. The average molecular weight is 582 g/mol. The Morgan fingerprint density at radius 2 is 1.49 bits per heavy atom. The lowest BCUT2D eigenvalue weighted by Crippen LogP contribution is -2.53. The number of carbonyl (C=O) groups excluding carboxylic acids is 2. The molecule has 3 rings (SSSR count). The summed E-state index contributed by atoms with van der Waals surface area (Å²) in [4.78, 5) is 28.9. The maximum atomic E-state index is 14.8. The number of benzene rings is 3. The summed E-state index contributed by atoms with van der Waals surface area (Å²) < 4.78 is 41.7. The van der Waals surface area contributed by atoms with Crippen LogP contribution in [0.2, 0.25) is 0 Å². The van der Waals surface area contributed by atoms with E-state index in [0.717, 1.165) is 21.7 Å². The minimum Gasteiger partial charge on any atom is -0.354 e. The molecule has 0 fully saturated rings. The Hall–Kier alpha value is -3.72. The summed E-state index contributed by atoms with van der Waals surface area (Å²) in [5.41, 5.74) is 2.40. The fraction of sp³-hybridized carbons (Fsp3) is 0.375. The van der Waals surface area contributed by atoms with Crippen LogP contribution in [0.4, 0.5) is 10.1 Å². The predicted octanol–water partition coefficient (Wildman–Crippen LogP) is 5.13. The first-order valence-electron chi connectivity index (χ1n) is 13.8. The third-order valence-corrected chi connectivity index (χ3v) is 7.92. The minimum atomic E-state index is -3.88. The molecular formula is C32H40FN3O4S. The van der Waals surface area contributed by atoms with E-state index in [0.29, 0.717) is 12.2 Å². The van der Waals surface area contributed by atoms with Crippen molar-refractivity contribution in [2.75, 3.05) is 23.7 Å². The third-order valence-electron chi connectivity index (χ3n) is 6.78. The molecule has 0 aliphatic carbocycles. The number of halogens is 1. The van der Waals surface area contributed by atoms with Gasteiger partial charge in [0, 0.05) is 25.1 Å². The van der Waals surface area contributed by atoms with Crippen molar-refractivity contribution in [2.24, 2.45) is 5.92 Å². The number of nitrogens with one attached hydrogen (secondary N) is 1. The zero-order valence-corrected chi connectivity index (χ0v) is 25.2. The molecule has 3 aromatic carbocycles. The van der Waals surface area contributed by atoms with Crippen molar-refractivity contribution >= 4 is 27.5 Å². The molecule has 220 valence electrons. The van der Waals surface area contributed by atoms with Gasteiger partial charge in [0.25, 0.3) is 0 Å². The quantitative estimate of drug-likeness (QED) is 0.303. The summed E-state index contributed by atoms with van der Waals surface area (Å²) in [5.74, 6) is -1.11. The van der Waals surface area contributed by atoms with Crippen LogP contribution in [0.1, 0.15) is 50.3 Å². The highest BCUT2D eigenvalue weighted by Gasteiger charge is 2.33. The zero-order valence-electron chi connectivity index (χ0n) is 24.4. The van der Waals surface area contributed by atoms with Gasteiger partial charge in [-0.2, -0.15) is 0 Å². The molecule has 0 heterocycles. The molecule has 0 radical (unpaired) electrons. The fourth-order valence-electron chi connectivity index (χ4n) is 4.43. The lowest BCUT2D eigenvalue weighted by Gasteiger charge is -2.33. The average Bonchev–Trinajstić information content (AvgIpc) is 2.93. The zero-order chi connectivity index (χ0) is 30.2. The van der Waals surface area contributed by atoms with Crippen LogP contribution in [0, 0.1) is 11.7 Å². The monoisotopic (exact) mass is 581 g/mol. The first-order chi connectivity index (χ1) is 19.4.